The highest BCUT2D eigenvalue weighted by atomic mass is 19.4. The van der Waals surface area contributed by atoms with Crippen LogP contribution in [0.1, 0.15) is 17.7 Å². The third kappa shape index (κ3) is 3.37. The van der Waals surface area contributed by atoms with Crippen LogP contribution in [0.5, 0.6) is 0 Å². The summed E-state index contributed by atoms with van der Waals surface area (Å²) in [7, 11) is 0. The van der Waals surface area contributed by atoms with Crippen molar-refractivity contribution in [2.75, 3.05) is 0 Å². The van der Waals surface area contributed by atoms with Gasteiger partial charge in [-0.3, -0.25) is 9.89 Å². The first-order valence-corrected chi connectivity index (χ1v) is 5.80. The number of H-pyrrole nitrogens is 1. The van der Waals surface area contributed by atoms with Crippen LogP contribution in [0.25, 0.3) is 11.3 Å². The van der Waals surface area contributed by atoms with Crippen LogP contribution in [0.2, 0.25) is 0 Å². The molecule has 0 atom stereocenters. The number of rotatable bonds is 4. The molecule has 0 amide bonds. The maximum atomic E-state index is 12.6. The molecule has 2 N–H and O–H groups in total. The summed E-state index contributed by atoms with van der Waals surface area (Å²) >= 11 is 0. The van der Waals surface area contributed by atoms with E-state index < -0.39 is 17.7 Å². The van der Waals surface area contributed by atoms with Crippen molar-refractivity contribution >= 4 is 5.97 Å². The maximum Gasteiger partial charge on any atom is 0.416 e. The highest BCUT2D eigenvalue weighted by Gasteiger charge is 2.30. The van der Waals surface area contributed by atoms with E-state index >= 15 is 0 Å². The lowest BCUT2D eigenvalue weighted by Gasteiger charge is -2.07. The monoisotopic (exact) mass is 284 g/mol. The summed E-state index contributed by atoms with van der Waals surface area (Å²) in [6.45, 7) is 0. The van der Waals surface area contributed by atoms with Crippen LogP contribution in [0.15, 0.2) is 30.3 Å². The summed E-state index contributed by atoms with van der Waals surface area (Å²) in [6.07, 6.45) is -4.22. The van der Waals surface area contributed by atoms with Gasteiger partial charge < -0.3 is 5.11 Å². The van der Waals surface area contributed by atoms with Gasteiger partial charge in [0.1, 0.15) is 0 Å². The molecule has 20 heavy (non-hydrogen) atoms. The van der Waals surface area contributed by atoms with E-state index in [1.165, 1.54) is 12.1 Å². The first kappa shape index (κ1) is 14.1. The average Bonchev–Trinajstić information content (AvgIpc) is 2.84. The van der Waals surface area contributed by atoms with Gasteiger partial charge in [0.05, 0.1) is 17.7 Å². The zero-order chi connectivity index (χ0) is 14.8. The lowest BCUT2D eigenvalue weighted by atomic mass is 10.1. The fourth-order valence-electron chi connectivity index (χ4n) is 1.73. The van der Waals surface area contributed by atoms with E-state index in [9.17, 15) is 18.0 Å². The highest BCUT2D eigenvalue weighted by Crippen LogP contribution is 2.31. The van der Waals surface area contributed by atoms with Crippen LogP contribution in [0, 0.1) is 0 Å². The predicted octanol–water partition coefficient (Wildman–Crippen LogP) is 3.11. The van der Waals surface area contributed by atoms with Crippen LogP contribution in [-0.4, -0.2) is 21.3 Å². The summed E-state index contributed by atoms with van der Waals surface area (Å²) < 4.78 is 37.8. The molecule has 2 rings (SSSR count). The smallest absolute Gasteiger partial charge is 0.416 e. The van der Waals surface area contributed by atoms with Crippen LogP contribution >= 0.6 is 0 Å². The van der Waals surface area contributed by atoms with Crippen molar-refractivity contribution in [2.24, 2.45) is 0 Å². The van der Waals surface area contributed by atoms with Gasteiger partial charge in [-0.25, -0.2) is 0 Å². The van der Waals surface area contributed by atoms with Gasteiger partial charge in [-0.1, -0.05) is 12.1 Å². The molecule has 1 aromatic heterocycles. The number of aromatic nitrogens is 2. The number of carboxylic acids is 1. The summed E-state index contributed by atoms with van der Waals surface area (Å²) in [6, 6.07) is 6.38. The molecule has 0 fully saturated rings. The minimum Gasteiger partial charge on any atom is -0.481 e. The molecule has 0 unspecified atom stereocenters. The molecule has 4 nitrogen and oxygen atoms in total. The number of hydrogen-bond donors (Lipinski definition) is 2. The Hall–Kier alpha value is -2.31. The Labute approximate surface area is 112 Å². The molecular weight excluding hydrogens is 273 g/mol. The Morgan fingerprint density at radius 3 is 2.70 bits per heavy atom. The Balaban J connectivity index is 2.22. The standard InChI is InChI=1S/C13H11F3N2O2/c14-13(15,16)9-3-1-2-8(6-9)11-7-10(17-18-11)4-5-12(19)20/h1-3,6-7H,4-5H2,(H,17,18)(H,19,20). The normalized spacial score (nSPS) is 11.6. The van der Waals surface area contributed by atoms with E-state index in [0.717, 1.165) is 12.1 Å². The maximum absolute atomic E-state index is 12.6. The molecule has 1 heterocycles. The second-order valence-corrected chi connectivity index (χ2v) is 4.25. The predicted molar refractivity (Wildman–Crippen MR) is 65.0 cm³/mol. The number of benzene rings is 1. The lowest BCUT2D eigenvalue weighted by molar-refractivity contribution is -0.138. The minimum absolute atomic E-state index is 0.0653. The van der Waals surface area contributed by atoms with Crippen molar-refractivity contribution in [3.8, 4) is 11.3 Å². The van der Waals surface area contributed by atoms with E-state index in [4.69, 9.17) is 5.11 Å². The lowest BCUT2D eigenvalue weighted by Crippen LogP contribution is -2.04. The number of aromatic amines is 1. The van der Waals surface area contributed by atoms with E-state index in [1.807, 2.05) is 0 Å². The molecule has 0 aliphatic heterocycles. The minimum atomic E-state index is -4.40. The summed E-state index contributed by atoms with van der Waals surface area (Å²) in [5.41, 5.74) is 0.513. The number of hydrogen-bond acceptors (Lipinski definition) is 2. The zero-order valence-corrected chi connectivity index (χ0v) is 10.2. The van der Waals surface area contributed by atoms with Gasteiger partial charge in [-0.05, 0) is 24.6 Å². The van der Waals surface area contributed by atoms with E-state index in [1.54, 1.807) is 6.07 Å². The van der Waals surface area contributed by atoms with Crippen molar-refractivity contribution in [1.29, 1.82) is 0 Å². The van der Waals surface area contributed by atoms with E-state index in [0.29, 0.717) is 17.0 Å². The number of carbonyl (C=O) groups is 1. The average molecular weight is 284 g/mol. The topological polar surface area (TPSA) is 66.0 Å². The molecule has 106 valence electrons. The second kappa shape index (κ2) is 5.36. The van der Waals surface area contributed by atoms with Gasteiger partial charge in [-0.2, -0.15) is 18.3 Å². The Bertz CT molecular complexity index is 620. The highest BCUT2D eigenvalue weighted by molar-refractivity contribution is 5.67. The molecule has 0 bridgehead atoms. The largest absolute Gasteiger partial charge is 0.481 e. The van der Waals surface area contributed by atoms with Gasteiger partial charge in [0.25, 0.3) is 0 Å². The van der Waals surface area contributed by atoms with Gasteiger partial charge in [0.15, 0.2) is 0 Å². The molecule has 0 radical (unpaired) electrons. The molecular formula is C13H11F3N2O2. The Kier molecular flexibility index (Phi) is 3.78. The summed E-state index contributed by atoms with van der Waals surface area (Å²) in [4.78, 5) is 10.4. The first-order chi connectivity index (χ1) is 9.36. The molecule has 1 aromatic carbocycles. The zero-order valence-electron chi connectivity index (χ0n) is 10.2. The Morgan fingerprint density at radius 2 is 2.05 bits per heavy atom. The van der Waals surface area contributed by atoms with E-state index in [-0.39, 0.29) is 12.8 Å². The number of halogens is 3. The van der Waals surface area contributed by atoms with Gasteiger partial charge in [0, 0.05) is 11.3 Å². The Morgan fingerprint density at radius 1 is 1.30 bits per heavy atom. The molecule has 0 saturated carbocycles. The SMILES string of the molecule is O=C(O)CCc1cc(-c2cccc(C(F)(F)F)c2)n[nH]1. The first-order valence-electron chi connectivity index (χ1n) is 5.80. The molecule has 0 saturated heterocycles. The van der Waals surface area contributed by atoms with Crippen LogP contribution < -0.4 is 0 Å². The van der Waals surface area contributed by atoms with Crippen molar-refractivity contribution in [3.05, 3.63) is 41.6 Å². The second-order valence-electron chi connectivity index (χ2n) is 4.25. The van der Waals surface area contributed by atoms with Crippen molar-refractivity contribution in [1.82, 2.24) is 10.2 Å². The van der Waals surface area contributed by atoms with Gasteiger partial charge in [-0.15, -0.1) is 0 Å². The fourth-order valence-corrected chi connectivity index (χ4v) is 1.73. The quantitative estimate of drug-likeness (QED) is 0.906. The van der Waals surface area contributed by atoms with Crippen molar-refractivity contribution in [2.45, 2.75) is 19.0 Å². The number of carboxylic acid groups (broad SMARTS) is 1. The number of aryl methyl sites for hydroxylation is 1. The van der Waals surface area contributed by atoms with Crippen LogP contribution in [0.3, 0.4) is 0 Å². The molecule has 0 aliphatic carbocycles. The number of nitrogens with zero attached hydrogens (tertiary/aromatic N) is 1. The number of aliphatic carboxylic acids is 1. The van der Waals surface area contributed by atoms with Gasteiger partial charge in [0.2, 0.25) is 0 Å². The summed E-state index contributed by atoms with van der Waals surface area (Å²) in [5, 5.41) is 15.1. The third-order valence-electron chi connectivity index (χ3n) is 2.72. The van der Waals surface area contributed by atoms with Crippen LogP contribution in [-0.2, 0) is 17.4 Å². The molecule has 0 spiro atoms. The fraction of sp³-hybridized carbons (Fsp3) is 0.231. The number of nitrogens with one attached hydrogen (secondary N) is 1. The van der Waals surface area contributed by atoms with Crippen molar-refractivity contribution in [3.63, 3.8) is 0 Å². The number of alkyl halides is 3. The van der Waals surface area contributed by atoms with Crippen molar-refractivity contribution < 1.29 is 23.1 Å². The molecule has 7 heteroatoms. The van der Waals surface area contributed by atoms with E-state index in [2.05, 4.69) is 10.2 Å². The molecule has 2 aromatic rings. The van der Waals surface area contributed by atoms with Crippen LogP contribution in [0.4, 0.5) is 13.2 Å². The summed E-state index contributed by atoms with van der Waals surface area (Å²) in [5.74, 6) is -0.944. The molecule has 0 aliphatic rings. The van der Waals surface area contributed by atoms with Gasteiger partial charge >= 0.3 is 12.1 Å². The third-order valence-corrected chi connectivity index (χ3v) is 2.72.